The highest BCUT2D eigenvalue weighted by atomic mass is 16.5. The van der Waals surface area contributed by atoms with Crippen molar-refractivity contribution in [1.29, 1.82) is 0 Å². The third-order valence-corrected chi connectivity index (χ3v) is 7.00. The lowest BCUT2D eigenvalue weighted by Gasteiger charge is -2.35. The van der Waals surface area contributed by atoms with Gasteiger partial charge in [0, 0.05) is 13.1 Å². The number of rotatable bonds is 7. The Labute approximate surface area is 218 Å². The zero-order chi connectivity index (χ0) is 26.6. The molecule has 2 aromatic carbocycles. The number of ether oxygens (including phenoxy) is 1. The summed E-state index contributed by atoms with van der Waals surface area (Å²) < 4.78 is 5.52. The van der Waals surface area contributed by atoms with E-state index in [4.69, 9.17) is 24.5 Å². The fourth-order valence-electron chi connectivity index (χ4n) is 5.05. The second kappa shape index (κ2) is 14.2. The highest BCUT2D eigenvalue weighted by Gasteiger charge is 2.26. The number of anilines is 1. The molecule has 0 aliphatic carbocycles. The largest absolute Gasteiger partial charge is 0.539 e. The number of hydrogen-bond acceptors (Lipinski definition) is 6. The highest BCUT2D eigenvalue weighted by Crippen LogP contribution is 2.27. The van der Waals surface area contributed by atoms with Gasteiger partial charge in [-0.1, -0.05) is 42.5 Å². The summed E-state index contributed by atoms with van der Waals surface area (Å²) >= 11 is 0. The molecule has 2 aliphatic heterocycles. The fourth-order valence-corrected chi connectivity index (χ4v) is 5.05. The summed E-state index contributed by atoms with van der Waals surface area (Å²) in [6.07, 6.45) is 4.12. The van der Waals surface area contributed by atoms with Crippen LogP contribution in [0, 0.1) is 5.92 Å². The van der Waals surface area contributed by atoms with E-state index in [0.29, 0.717) is 18.2 Å². The summed E-state index contributed by atoms with van der Waals surface area (Å²) in [5, 5.41) is 16.3. The van der Waals surface area contributed by atoms with Crippen molar-refractivity contribution in [3.8, 4) is 5.75 Å². The quantitative estimate of drug-likeness (QED) is 0.507. The number of nitrogens with one attached hydrogen (secondary N) is 1. The second-order valence-electron chi connectivity index (χ2n) is 9.54. The van der Waals surface area contributed by atoms with Gasteiger partial charge < -0.3 is 34.4 Å². The number of carbonyl (C=O) groups excluding carboxylic acids is 2. The van der Waals surface area contributed by atoms with Crippen LogP contribution in [-0.4, -0.2) is 80.8 Å². The average molecular weight is 512 g/mol. The molecule has 2 N–H and O–H groups in total. The summed E-state index contributed by atoms with van der Waals surface area (Å²) in [6.45, 7) is 6.95. The van der Waals surface area contributed by atoms with E-state index in [1.165, 1.54) is 22.6 Å². The zero-order valence-corrected chi connectivity index (χ0v) is 21.4. The Kier molecular flexibility index (Phi) is 10.8. The molecular weight excluding hydrogens is 474 g/mol. The number of carboxylic acids is 2. The molecule has 1 unspecified atom stereocenters. The van der Waals surface area contributed by atoms with Gasteiger partial charge in [0.05, 0.1) is 51.9 Å². The number of carboxylic acid groups (broad SMARTS) is 2. The summed E-state index contributed by atoms with van der Waals surface area (Å²) in [7, 11) is 1.73. The van der Waals surface area contributed by atoms with Crippen molar-refractivity contribution in [2.75, 3.05) is 57.8 Å². The van der Waals surface area contributed by atoms with Gasteiger partial charge in [-0.05, 0) is 42.9 Å². The number of methoxy groups -OCH3 is 1. The first-order valence-electron chi connectivity index (χ1n) is 12.8. The minimum atomic E-state index is -2.07. The van der Waals surface area contributed by atoms with Gasteiger partial charge >= 0.3 is 5.97 Å². The van der Waals surface area contributed by atoms with Crippen LogP contribution in [0.4, 0.5) is 5.69 Å². The van der Waals surface area contributed by atoms with Crippen LogP contribution in [0.15, 0.2) is 54.6 Å². The van der Waals surface area contributed by atoms with Crippen LogP contribution >= 0.6 is 0 Å². The maximum Gasteiger partial charge on any atom is 0.351 e. The molecule has 0 spiro atoms. The summed E-state index contributed by atoms with van der Waals surface area (Å²) in [4.78, 5) is 37.0. The minimum absolute atomic E-state index is 0.345. The number of likely N-dealkylation sites (tertiary alicyclic amines) is 1. The van der Waals surface area contributed by atoms with Gasteiger partial charge in [-0.3, -0.25) is 4.79 Å². The lowest BCUT2D eigenvalue weighted by molar-refractivity contribution is -0.900. The van der Waals surface area contributed by atoms with Gasteiger partial charge in [-0.25, -0.2) is 4.79 Å². The first-order valence-corrected chi connectivity index (χ1v) is 12.8. The Morgan fingerprint density at radius 2 is 1.68 bits per heavy atom. The third kappa shape index (κ3) is 8.78. The van der Waals surface area contributed by atoms with E-state index in [-0.39, 0.29) is 0 Å². The number of nitrogens with zero attached hydrogens (tertiary/aromatic N) is 2. The molecule has 37 heavy (non-hydrogen) atoms. The predicted octanol–water partition coefficient (Wildman–Crippen LogP) is 0.0924. The zero-order valence-electron chi connectivity index (χ0n) is 21.4. The van der Waals surface area contributed by atoms with Crippen LogP contribution in [0.2, 0.25) is 0 Å². The van der Waals surface area contributed by atoms with Crippen molar-refractivity contribution < 1.29 is 34.2 Å². The molecule has 0 aromatic heterocycles. The third-order valence-electron chi connectivity index (χ3n) is 7.00. The summed E-state index contributed by atoms with van der Waals surface area (Å²) in [6, 6.07) is 18.9. The minimum Gasteiger partial charge on any atom is -0.539 e. The standard InChI is InChI=1S/C26H35N3O2.C2H2O4/c1-31-25-12-6-5-11-24(25)28-18-16-27(17-19-28)15-13-26(30)29-14-7-10-23(21-29)20-22-8-3-2-4-9-22;3-1(4)2(5)6/h2-6,8-9,11-12,23H,7,10,13-21H2,1H3;(H,3,4)(H,5,6). The SMILES string of the molecule is COc1ccccc1N1CC[NH+](CCC(=O)N2CCCC(Cc3ccccc3)C2)CC1.O=C([O-])C(=O)O. The predicted molar refractivity (Wildman–Crippen MR) is 137 cm³/mol. The lowest BCUT2D eigenvalue weighted by Crippen LogP contribution is -3.15. The van der Waals surface area contributed by atoms with Crippen LogP contribution < -0.4 is 19.6 Å². The molecular formula is C28H37N3O6. The molecule has 9 nitrogen and oxygen atoms in total. The summed E-state index contributed by atoms with van der Waals surface area (Å²) in [5.41, 5.74) is 2.57. The Balaban J connectivity index is 0.000000568. The number of amides is 1. The molecule has 2 aromatic rings. The van der Waals surface area contributed by atoms with E-state index < -0.39 is 11.9 Å². The molecule has 2 heterocycles. The van der Waals surface area contributed by atoms with Crippen molar-refractivity contribution in [2.45, 2.75) is 25.7 Å². The van der Waals surface area contributed by atoms with Gasteiger partial charge in [0.15, 0.2) is 5.97 Å². The summed E-state index contributed by atoms with van der Waals surface area (Å²) in [5.74, 6) is -2.13. The number of aliphatic carboxylic acids is 2. The molecule has 1 atom stereocenters. The maximum atomic E-state index is 12.9. The molecule has 2 aliphatic rings. The smallest absolute Gasteiger partial charge is 0.351 e. The van der Waals surface area contributed by atoms with Gasteiger partial charge in [0.1, 0.15) is 5.75 Å². The Morgan fingerprint density at radius 3 is 2.32 bits per heavy atom. The number of para-hydroxylation sites is 2. The molecule has 0 saturated carbocycles. The van der Waals surface area contributed by atoms with Gasteiger partial charge in [-0.2, -0.15) is 0 Å². The molecule has 2 saturated heterocycles. The van der Waals surface area contributed by atoms with Crippen molar-refractivity contribution in [2.24, 2.45) is 5.92 Å². The number of quaternary nitrogens is 1. The molecule has 2 fully saturated rings. The van der Waals surface area contributed by atoms with Gasteiger partial charge in [0.25, 0.3) is 0 Å². The number of benzene rings is 2. The van der Waals surface area contributed by atoms with Crippen LogP contribution in [0.5, 0.6) is 5.75 Å². The number of carbonyl (C=O) groups is 3. The first-order chi connectivity index (χ1) is 17.9. The second-order valence-corrected chi connectivity index (χ2v) is 9.54. The van der Waals surface area contributed by atoms with E-state index >= 15 is 0 Å². The van der Waals surface area contributed by atoms with Crippen LogP contribution in [0.3, 0.4) is 0 Å². The van der Waals surface area contributed by atoms with Crippen LogP contribution in [0.1, 0.15) is 24.8 Å². The monoisotopic (exact) mass is 511 g/mol. The van der Waals surface area contributed by atoms with Crippen molar-refractivity contribution in [3.05, 3.63) is 60.2 Å². The van der Waals surface area contributed by atoms with Crippen molar-refractivity contribution in [3.63, 3.8) is 0 Å². The molecule has 200 valence electrons. The number of piperidine rings is 1. The van der Waals surface area contributed by atoms with E-state index in [9.17, 15) is 4.79 Å². The Bertz CT molecular complexity index is 1010. The van der Waals surface area contributed by atoms with Crippen LogP contribution in [-0.2, 0) is 20.8 Å². The van der Waals surface area contributed by atoms with E-state index in [1.54, 1.807) is 7.11 Å². The van der Waals surface area contributed by atoms with Crippen molar-refractivity contribution >= 4 is 23.5 Å². The number of piperazine rings is 1. The first kappa shape index (κ1) is 28.0. The van der Waals surface area contributed by atoms with E-state index in [2.05, 4.69) is 52.3 Å². The van der Waals surface area contributed by atoms with E-state index in [1.807, 2.05) is 12.1 Å². The van der Waals surface area contributed by atoms with Crippen molar-refractivity contribution in [1.82, 2.24) is 4.90 Å². The average Bonchev–Trinajstić information content (AvgIpc) is 2.93. The van der Waals surface area contributed by atoms with E-state index in [0.717, 1.165) is 64.4 Å². The molecule has 0 radical (unpaired) electrons. The van der Waals surface area contributed by atoms with Crippen LogP contribution in [0.25, 0.3) is 0 Å². The fraction of sp³-hybridized carbons (Fsp3) is 0.464. The molecule has 0 bridgehead atoms. The molecule has 1 amide bonds. The lowest BCUT2D eigenvalue weighted by atomic mass is 9.91. The normalized spacial score (nSPS) is 17.9. The highest BCUT2D eigenvalue weighted by molar-refractivity contribution is 6.26. The number of hydrogen-bond donors (Lipinski definition) is 2. The molecule has 4 rings (SSSR count). The van der Waals surface area contributed by atoms with Gasteiger partial charge in [0.2, 0.25) is 5.91 Å². The maximum absolute atomic E-state index is 12.9. The Hall–Kier alpha value is -3.59. The Morgan fingerprint density at radius 1 is 1.03 bits per heavy atom. The molecule has 9 heteroatoms. The van der Waals surface area contributed by atoms with Gasteiger partial charge in [-0.15, -0.1) is 0 Å². The topological polar surface area (TPSA) is 115 Å².